The zero-order valence-electron chi connectivity index (χ0n) is 3.69. The molecule has 0 unspecified atom stereocenters. The van der Waals surface area contributed by atoms with Crippen LogP contribution >= 0.6 is 9.53 Å². The van der Waals surface area contributed by atoms with Gasteiger partial charge in [0.1, 0.15) is 0 Å². The number of halogens is 1. The standard InChI is InChI=1S/C4H8.ClH.Pd/c1-3-4-2;;/h3H,1,4H2,2H3;1H;/q;;+1/p-1. The van der Waals surface area contributed by atoms with Gasteiger partial charge in [-0.2, -0.15) is 0 Å². The minimum atomic E-state index is 1.08. The third kappa shape index (κ3) is 22.3. The summed E-state index contributed by atoms with van der Waals surface area (Å²) in [5.74, 6) is 0. The van der Waals surface area contributed by atoms with Crippen molar-refractivity contribution in [1.29, 1.82) is 0 Å². The Balaban J connectivity index is 0. The van der Waals surface area contributed by atoms with Crippen molar-refractivity contribution in [2.75, 3.05) is 0 Å². The number of hydrogen-bond acceptors (Lipinski definition) is 0. The average molecular weight is 198 g/mol. The second-order valence-electron chi connectivity index (χ2n) is 0.697. The van der Waals surface area contributed by atoms with Gasteiger partial charge in [0, 0.05) is 0 Å². The molecule has 0 aromatic carbocycles. The van der Waals surface area contributed by atoms with Gasteiger partial charge in [-0.15, -0.1) is 6.58 Å². The molecule has 0 aromatic heterocycles. The molecule has 0 spiro atoms. The van der Waals surface area contributed by atoms with Crippen LogP contribution < -0.4 is 0 Å². The van der Waals surface area contributed by atoms with E-state index in [4.69, 9.17) is 0 Å². The molecule has 0 heterocycles. The van der Waals surface area contributed by atoms with Crippen LogP contribution in [0.5, 0.6) is 0 Å². The van der Waals surface area contributed by atoms with Crippen molar-refractivity contribution in [3.8, 4) is 0 Å². The zero-order valence-corrected chi connectivity index (χ0v) is 6.00. The third-order valence-electron chi connectivity index (χ3n) is 0.289. The average Bonchev–Trinajstić information content (AvgIpc) is 1.72. The first kappa shape index (κ1) is 9.85. The quantitative estimate of drug-likeness (QED) is 0.447. The molecule has 6 heavy (non-hydrogen) atoms. The van der Waals surface area contributed by atoms with E-state index in [1.807, 2.05) is 6.08 Å². The van der Waals surface area contributed by atoms with Crippen molar-refractivity contribution >= 4 is 9.53 Å². The maximum absolute atomic E-state index is 4.49. The van der Waals surface area contributed by atoms with Crippen LogP contribution in [0.4, 0.5) is 0 Å². The molecule has 0 aliphatic heterocycles. The predicted octanol–water partition coefficient (Wildman–Crippen LogP) is 2.27. The molecule has 0 bridgehead atoms. The Kier molecular flexibility index (Phi) is 28.4. The fraction of sp³-hybridized carbons (Fsp3) is 0.500. The van der Waals surface area contributed by atoms with Gasteiger partial charge in [-0.3, -0.25) is 0 Å². The van der Waals surface area contributed by atoms with E-state index in [0.29, 0.717) is 0 Å². The summed E-state index contributed by atoms with van der Waals surface area (Å²) in [7, 11) is 4.49. The number of rotatable bonds is 1. The van der Waals surface area contributed by atoms with Crippen LogP contribution in [0.2, 0.25) is 0 Å². The number of allylic oxidation sites excluding steroid dienone is 1. The van der Waals surface area contributed by atoms with Crippen molar-refractivity contribution in [1.82, 2.24) is 0 Å². The normalized spacial score (nSPS) is 5.33. The molecule has 0 nitrogen and oxygen atoms in total. The molecule has 0 aromatic rings. The van der Waals surface area contributed by atoms with Crippen molar-refractivity contribution in [2.24, 2.45) is 0 Å². The molecule has 2 heteroatoms. The van der Waals surface area contributed by atoms with E-state index in [0.717, 1.165) is 6.42 Å². The second kappa shape index (κ2) is 17.3. The molecule has 0 radical (unpaired) electrons. The summed E-state index contributed by atoms with van der Waals surface area (Å²) < 4.78 is 0. The van der Waals surface area contributed by atoms with Crippen LogP contribution in [0.25, 0.3) is 0 Å². The molecule has 0 aliphatic rings. The minimum absolute atomic E-state index is 1.08. The van der Waals surface area contributed by atoms with Gasteiger partial charge in [0.15, 0.2) is 0 Å². The Morgan fingerprint density at radius 1 is 1.83 bits per heavy atom. The van der Waals surface area contributed by atoms with Crippen molar-refractivity contribution in [3.05, 3.63) is 12.7 Å². The van der Waals surface area contributed by atoms with Gasteiger partial charge in [-0.05, 0) is 6.42 Å². The van der Waals surface area contributed by atoms with Crippen molar-refractivity contribution < 1.29 is 18.2 Å². The summed E-state index contributed by atoms with van der Waals surface area (Å²) in [5, 5.41) is 0. The Morgan fingerprint density at radius 2 is 2.00 bits per heavy atom. The summed E-state index contributed by atoms with van der Waals surface area (Å²) in [6.45, 7) is 5.54. The second-order valence-corrected chi connectivity index (χ2v) is 0.697. The Morgan fingerprint density at radius 3 is 2.00 bits per heavy atom. The van der Waals surface area contributed by atoms with E-state index in [2.05, 4.69) is 41.2 Å². The summed E-state index contributed by atoms with van der Waals surface area (Å²) in [5.41, 5.74) is 0. The van der Waals surface area contributed by atoms with E-state index in [1.165, 1.54) is 0 Å². The first-order valence-corrected chi connectivity index (χ1v) is 3.64. The van der Waals surface area contributed by atoms with Crippen molar-refractivity contribution in [3.63, 3.8) is 0 Å². The Labute approximate surface area is 54.0 Å². The molecule has 0 saturated carbocycles. The first-order valence-electron chi connectivity index (χ1n) is 1.64. The van der Waals surface area contributed by atoms with Gasteiger partial charge in [0.05, 0.1) is 0 Å². The van der Waals surface area contributed by atoms with Gasteiger partial charge in [-0.1, -0.05) is 13.0 Å². The van der Waals surface area contributed by atoms with Crippen LogP contribution in [-0.2, 0) is 18.2 Å². The van der Waals surface area contributed by atoms with Gasteiger partial charge in [-0.25, -0.2) is 0 Å². The Hall–Kier alpha value is 0.692. The molecule has 0 atom stereocenters. The number of hydrogen-bond donors (Lipinski definition) is 0. The Bertz CT molecular complexity index is 21.5. The predicted molar refractivity (Wildman–Crippen MR) is 26.3 cm³/mol. The molecular formula is C4H8ClPd. The summed E-state index contributed by atoms with van der Waals surface area (Å²) in [6, 6.07) is 0. The third-order valence-corrected chi connectivity index (χ3v) is 0.289. The zero-order chi connectivity index (χ0) is 5.41. The maximum atomic E-state index is 4.49. The SMILES string of the molecule is C=CCC.[Cl][Pd]. The van der Waals surface area contributed by atoms with Crippen LogP contribution in [0, 0.1) is 0 Å². The van der Waals surface area contributed by atoms with Crippen LogP contribution in [-0.4, -0.2) is 0 Å². The van der Waals surface area contributed by atoms with Gasteiger partial charge in [0.2, 0.25) is 0 Å². The van der Waals surface area contributed by atoms with E-state index in [1.54, 1.807) is 0 Å². The van der Waals surface area contributed by atoms with Crippen LogP contribution in [0.15, 0.2) is 12.7 Å². The van der Waals surface area contributed by atoms with E-state index in [9.17, 15) is 0 Å². The van der Waals surface area contributed by atoms with Crippen LogP contribution in [0.3, 0.4) is 0 Å². The fourth-order valence-electron chi connectivity index (χ4n) is 0. The first-order chi connectivity index (χ1) is 2.91. The monoisotopic (exact) mass is 197 g/mol. The van der Waals surface area contributed by atoms with Gasteiger partial charge in [0.25, 0.3) is 0 Å². The van der Waals surface area contributed by atoms with Crippen LogP contribution in [0.1, 0.15) is 13.3 Å². The molecule has 0 amide bonds. The topological polar surface area (TPSA) is 0 Å². The van der Waals surface area contributed by atoms with Gasteiger partial charge < -0.3 is 0 Å². The molecule has 0 aliphatic carbocycles. The summed E-state index contributed by atoms with van der Waals surface area (Å²) >= 11 is 2.22. The molecular weight excluding hydrogens is 190 g/mol. The fourth-order valence-corrected chi connectivity index (χ4v) is 0. The molecule has 0 saturated heterocycles. The van der Waals surface area contributed by atoms with E-state index < -0.39 is 0 Å². The summed E-state index contributed by atoms with van der Waals surface area (Å²) in [4.78, 5) is 0. The van der Waals surface area contributed by atoms with Crippen molar-refractivity contribution in [2.45, 2.75) is 13.3 Å². The summed E-state index contributed by atoms with van der Waals surface area (Å²) in [6.07, 6.45) is 2.96. The molecule has 0 fully saturated rings. The molecule has 0 rings (SSSR count). The van der Waals surface area contributed by atoms with E-state index in [-0.39, 0.29) is 0 Å². The molecule has 0 N–H and O–H groups in total. The molecule has 41 valence electrons. The van der Waals surface area contributed by atoms with E-state index >= 15 is 0 Å². The van der Waals surface area contributed by atoms with Gasteiger partial charge >= 0.3 is 27.7 Å².